The van der Waals surface area contributed by atoms with Crippen molar-refractivity contribution in [3.05, 3.63) is 59.4 Å². The number of rotatable bonds is 7. The van der Waals surface area contributed by atoms with Gasteiger partial charge in [0.05, 0.1) is 28.8 Å². The van der Waals surface area contributed by atoms with Gasteiger partial charge in [0, 0.05) is 24.7 Å². The minimum atomic E-state index is -0.320. The summed E-state index contributed by atoms with van der Waals surface area (Å²) in [5.74, 6) is 1.51. The third kappa shape index (κ3) is 3.80. The second-order valence-corrected chi connectivity index (χ2v) is 10.4. The van der Waals surface area contributed by atoms with Crippen molar-refractivity contribution >= 4 is 22.8 Å². The van der Waals surface area contributed by atoms with Crippen LogP contribution in [-0.2, 0) is 25.2 Å². The first-order chi connectivity index (χ1) is 15.8. The first kappa shape index (κ1) is 22.0. The first-order valence-electron chi connectivity index (χ1n) is 12.2. The number of carbonyl (C=O) groups excluding carboxylic acids is 1. The van der Waals surface area contributed by atoms with Crippen LogP contribution in [0.4, 0.5) is 10.5 Å². The predicted molar refractivity (Wildman–Crippen MR) is 133 cm³/mol. The van der Waals surface area contributed by atoms with Gasteiger partial charge in [-0.25, -0.2) is 9.78 Å². The SMILES string of the molecule is CC(C)CCn1c(CN2C(=O)N(C3CC3)C(C)(C)c3ccccc32)nc2cc(CN)ccc21. The van der Waals surface area contributed by atoms with Gasteiger partial charge in [0.25, 0.3) is 0 Å². The van der Waals surface area contributed by atoms with Crippen LogP contribution in [-0.4, -0.2) is 26.5 Å². The molecular weight excluding hydrogens is 410 g/mol. The maximum Gasteiger partial charge on any atom is 0.325 e. The fourth-order valence-corrected chi connectivity index (χ4v) is 5.18. The highest BCUT2D eigenvalue weighted by atomic mass is 16.2. The third-order valence-corrected chi connectivity index (χ3v) is 7.16. The van der Waals surface area contributed by atoms with Crippen molar-refractivity contribution < 1.29 is 4.79 Å². The van der Waals surface area contributed by atoms with Gasteiger partial charge in [0.2, 0.25) is 0 Å². The summed E-state index contributed by atoms with van der Waals surface area (Å²) in [6.07, 6.45) is 3.22. The van der Waals surface area contributed by atoms with Crippen molar-refractivity contribution in [2.45, 2.75) is 78.2 Å². The molecular formula is C27H35N5O. The van der Waals surface area contributed by atoms with Crippen LogP contribution in [0, 0.1) is 5.92 Å². The van der Waals surface area contributed by atoms with Crippen LogP contribution in [0.5, 0.6) is 0 Å². The second-order valence-electron chi connectivity index (χ2n) is 10.4. The Balaban J connectivity index is 1.59. The zero-order chi connectivity index (χ0) is 23.3. The molecule has 0 saturated heterocycles. The molecule has 2 aromatic carbocycles. The molecule has 1 aromatic heterocycles. The van der Waals surface area contributed by atoms with Crippen LogP contribution in [0.3, 0.4) is 0 Å². The van der Waals surface area contributed by atoms with Crippen LogP contribution in [0.2, 0.25) is 0 Å². The molecule has 2 amide bonds. The highest BCUT2D eigenvalue weighted by Crippen LogP contribution is 2.46. The van der Waals surface area contributed by atoms with E-state index in [4.69, 9.17) is 10.7 Å². The Morgan fingerprint density at radius 3 is 2.61 bits per heavy atom. The summed E-state index contributed by atoms with van der Waals surface area (Å²) in [4.78, 5) is 22.9. The number of benzene rings is 2. The molecule has 174 valence electrons. The van der Waals surface area contributed by atoms with E-state index in [9.17, 15) is 4.79 Å². The van der Waals surface area contributed by atoms with E-state index >= 15 is 0 Å². The number of nitrogens with zero attached hydrogens (tertiary/aromatic N) is 4. The number of carbonyl (C=O) groups is 1. The zero-order valence-corrected chi connectivity index (χ0v) is 20.2. The van der Waals surface area contributed by atoms with Gasteiger partial charge in [-0.15, -0.1) is 0 Å². The molecule has 3 aromatic rings. The van der Waals surface area contributed by atoms with E-state index in [2.05, 4.69) is 73.6 Å². The molecule has 33 heavy (non-hydrogen) atoms. The van der Waals surface area contributed by atoms with Crippen LogP contribution < -0.4 is 10.6 Å². The molecule has 2 N–H and O–H groups in total. The fourth-order valence-electron chi connectivity index (χ4n) is 5.18. The fraction of sp³-hybridized carbons (Fsp3) is 0.481. The number of imidazole rings is 1. The molecule has 6 nitrogen and oxygen atoms in total. The summed E-state index contributed by atoms with van der Waals surface area (Å²) in [7, 11) is 0. The number of hydrogen-bond acceptors (Lipinski definition) is 3. The molecule has 1 saturated carbocycles. The average molecular weight is 446 g/mol. The van der Waals surface area contributed by atoms with E-state index in [-0.39, 0.29) is 11.6 Å². The Labute approximate surface area is 196 Å². The smallest absolute Gasteiger partial charge is 0.325 e. The summed E-state index contributed by atoms with van der Waals surface area (Å²) in [5, 5.41) is 0. The number of nitrogens with two attached hydrogens (primary N) is 1. The van der Waals surface area contributed by atoms with Gasteiger partial charge in [-0.2, -0.15) is 0 Å². The zero-order valence-electron chi connectivity index (χ0n) is 20.2. The molecule has 0 bridgehead atoms. The van der Waals surface area contributed by atoms with Crippen molar-refractivity contribution in [1.29, 1.82) is 0 Å². The van der Waals surface area contributed by atoms with E-state index in [1.54, 1.807) is 0 Å². The maximum atomic E-state index is 13.9. The third-order valence-electron chi connectivity index (χ3n) is 7.16. The Kier molecular flexibility index (Phi) is 5.44. The van der Waals surface area contributed by atoms with Gasteiger partial charge < -0.3 is 15.2 Å². The van der Waals surface area contributed by atoms with E-state index in [1.165, 1.54) is 5.56 Å². The summed E-state index contributed by atoms with van der Waals surface area (Å²) in [6, 6.07) is 15.0. The molecule has 2 heterocycles. The van der Waals surface area contributed by atoms with E-state index in [0.717, 1.165) is 53.9 Å². The molecule has 5 rings (SSSR count). The minimum Gasteiger partial charge on any atom is -0.326 e. The standard InChI is InChI=1S/C27H35N5O/c1-18(2)13-14-30-24-12-9-19(16-28)15-22(24)29-25(30)17-31-23-8-6-5-7-21(23)27(3,4)32(26(31)33)20-10-11-20/h5-9,12,15,18,20H,10-11,13-14,16-17,28H2,1-4H3. The summed E-state index contributed by atoms with van der Waals surface area (Å²) in [6.45, 7) is 10.7. The van der Waals surface area contributed by atoms with E-state index < -0.39 is 0 Å². The van der Waals surface area contributed by atoms with Crippen molar-refractivity contribution in [1.82, 2.24) is 14.5 Å². The molecule has 6 heteroatoms. The number of aryl methyl sites for hydroxylation is 1. The first-order valence-corrected chi connectivity index (χ1v) is 12.2. The van der Waals surface area contributed by atoms with Crippen molar-refractivity contribution in [2.75, 3.05) is 4.90 Å². The molecule has 2 aliphatic rings. The topological polar surface area (TPSA) is 67.4 Å². The van der Waals surface area contributed by atoms with Gasteiger partial charge >= 0.3 is 6.03 Å². The molecule has 0 spiro atoms. The van der Waals surface area contributed by atoms with Gasteiger partial charge in [-0.1, -0.05) is 38.1 Å². The molecule has 0 radical (unpaired) electrons. The minimum absolute atomic E-state index is 0.0892. The molecule has 1 aliphatic carbocycles. The lowest BCUT2D eigenvalue weighted by Gasteiger charge is -2.48. The van der Waals surface area contributed by atoms with Crippen molar-refractivity contribution in [2.24, 2.45) is 11.7 Å². The van der Waals surface area contributed by atoms with Gasteiger partial charge in [0.1, 0.15) is 5.82 Å². The van der Waals surface area contributed by atoms with Crippen molar-refractivity contribution in [3.63, 3.8) is 0 Å². The van der Waals surface area contributed by atoms with Gasteiger partial charge in [0.15, 0.2) is 0 Å². The average Bonchev–Trinajstić information content (AvgIpc) is 3.55. The lowest BCUT2D eigenvalue weighted by Crippen LogP contribution is -2.57. The van der Waals surface area contributed by atoms with Crippen LogP contribution in [0.15, 0.2) is 42.5 Å². The predicted octanol–water partition coefficient (Wildman–Crippen LogP) is 5.38. The lowest BCUT2D eigenvalue weighted by atomic mass is 9.88. The molecule has 0 unspecified atom stereocenters. The quantitative estimate of drug-likeness (QED) is 0.531. The van der Waals surface area contributed by atoms with Gasteiger partial charge in [-0.05, 0) is 62.8 Å². The Bertz CT molecular complexity index is 1190. The number of hydrogen-bond donors (Lipinski definition) is 1. The van der Waals surface area contributed by atoms with Crippen molar-refractivity contribution in [3.8, 4) is 0 Å². The number of aromatic nitrogens is 2. The Hall–Kier alpha value is -2.86. The second kappa shape index (κ2) is 8.17. The monoisotopic (exact) mass is 445 g/mol. The van der Waals surface area contributed by atoms with Crippen LogP contribution >= 0.6 is 0 Å². The van der Waals surface area contributed by atoms with Gasteiger partial charge in [-0.3, -0.25) is 4.90 Å². The number of fused-ring (bicyclic) bond motifs is 2. The largest absolute Gasteiger partial charge is 0.326 e. The summed E-state index contributed by atoms with van der Waals surface area (Å²) >= 11 is 0. The van der Waals surface area contributed by atoms with E-state index in [0.29, 0.717) is 25.0 Å². The molecule has 1 aliphatic heterocycles. The molecule has 0 atom stereocenters. The maximum absolute atomic E-state index is 13.9. The van der Waals surface area contributed by atoms with Crippen LogP contribution in [0.1, 0.15) is 63.9 Å². The van der Waals surface area contributed by atoms with E-state index in [1.807, 2.05) is 11.0 Å². The summed E-state index contributed by atoms with van der Waals surface area (Å²) < 4.78 is 2.30. The number of urea groups is 1. The lowest BCUT2D eigenvalue weighted by molar-refractivity contribution is 0.126. The number of amides is 2. The number of para-hydroxylation sites is 1. The molecule has 1 fully saturated rings. The number of anilines is 1. The van der Waals surface area contributed by atoms with Crippen LogP contribution in [0.25, 0.3) is 11.0 Å². The Morgan fingerprint density at radius 2 is 1.91 bits per heavy atom. The Morgan fingerprint density at radius 1 is 1.15 bits per heavy atom. The normalized spacial score (nSPS) is 17.8. The highest BCUT2D eigenvalue weighted by molar-refractivity contribution is 5.96. The summed E-state index contributed by atoms with van der Waals surface area (Å²) in [5.41, 5.74) is 10.9. The highest BCUT2D eigenvalue weighted by Gasteiger charge is 2.49.